The van der Waals surface area contributed by atoms with Crippen LogP contribution in [0.2, 0.25) is 10.0 Å². The van der Waals surface area contributed by atoms with E-state index >= 15 is 0 Å². The average molecular weight is 421 g/mol. The fourth-order valence-electron chi connectivity index (χ4n) is 2.12. The average Bonchev–Trinajstić information content (AvgIpc) is 2.54. The van der Waals surface area contributed by atoms with Crippen LogP contribution in [0.25, 0.3) is 0 Å². The maximum Gasteiger partial charge on any atom is 0.245 e. The van der Waals surface area contributed by atoms with E-state index in [2.05, 4.69) is 5.32 Å². The van der Waals surface area contributed by atoms with E-state index in [1.807, 2.05) is 0 Å². The number of hydrogen-bond acceptors (Lipinski definition) is 4. The Hall–Kier alpha value is -2.03. The highest BCUT2D eigenvalue weighted by Gasteiger charge is 2.22. The molecule has 1 amide bonds. The number of hydrogen-bond donors (Lipinski definition) is 1. The summed E-state index contributed by atoms with van der Waals surface area (Å²) in [5, 5.41) is 2.58. The number of nitrogens with zero attached hydrogens (tertiary/aromatic N) is 1. The van der Waals surface area contributed by atoms with Crippen LogP contribution < -0.4 is 14.4 Å². The molecule has 0 atom stereocenters. The fourth-order valence-corrected chi connectivity index (χ4v) is 3.40. The molecule has 0 unspecified atom stereocenters. The van der Waals surface area contributed by atoms with Crippen molar-refractivity contribution in [1.82, 2.24) is 0 Å². The molecule has 0 bridgehead atoms. The number of carbonyl (C=O) groups is 1. The smallest absolute Gasteiger partial charge is 0.245 e. The minimum Gasteiger partial charge on any atom is -0.495 e. The van der Waals surface area contributed by atoms with Crippen molar-refractivity contribution in [1.29, 1.82) is 0 Å². The number of rotatable bonds is 6. The summed E-state index contributed by atoms with van der Waals surface area (Å²) in [5.74, 6) is -0.873. The lowest BCUT2D eigenvalue weighted by atomic mass is 10.3. The third-order valence-electron chi connectivity index (χ3n) is 3.31. The number of amides is 1. The second kappa shape index (κ2) is 8.11. The van der Waals surface area contributed by atoms with E-state index in [4.69, 9.17) is 27.9 Å². The summed E-state index contributed by atoms with van der Waals surface area (Å²) in [5.41, 5.74) is 0.438. The van der Waals surface area contributed by atoms with E-state index in [0.717, 1.165) is 22.7 Å². The molecule has 0 aliphatic carbocycles. The molecule has 26 heavy (non-hydrogen) atoms. The van der Waals surface area contributed by atoms with E-state index in [-0.39, 0.29) is 15.7 Å². The minimum absolute atomic E-state index is 0.0711. The summed E-state index contributed by atoms with van der Waals surface area (Å²) in [4.78, 5) is 12.3. The van der Waals surface area contributed by atoms with Crippen LogP contribution in [0.4, 0.5) is 15.8 Å². The largest absolute Gasteiger partial charge is 0.495 e. The molecule has 2 rings (SSSR count). The number of ether oxygens (including phenoxy) is 1. The normalized spacial score (nSPS) is 11.1. The molecule has 0 aromatic heterocycles. The van der Waals surface area contributed by atoms with Gasteiger partial charge in [-0.05, 0) is 36.4 Å². The molecule has 0 saturated heterocycles. The van der Waals surface area contributed by atoms with Gasteiger partial charge in [0.1, 0.15) is 18.1 Å². The first-order valence-corrected chi connectivity index (χ1v) is 9.78. The molecule has 2 aromatic carbocycles. The van der Waals surface area contributed by atoms with Crippen LogP contribution in [0, 0.1) is 5.82 Å². The lowest BCUT2D eigenvalue weighted by molar-refractivity contribution is -0.114. The maximum absolute atomic E-state index is 13.3. The highest BCUT2D eigenvalue weighted by molar-refractivity contribution is 7.92. The van der Waals surface area contributed by atoms with Gasteiger partial charge in [0.25, 0.3) is 0 Å². The van der Waals surface area contributed by atoms with Gasteiger partial charge in [-0.15, -0.1) is 0 Å². The molecule has 0 aliphatic rings. The van der Waals surface area contributed by atoms with Crippen LogP contribution in [0.15, 0.2) is 36.4 Å². The Labute approximate surface area is 160 Å². The Bertz CT molecular complexity index is 938. The van der Waals surface area contributed by atoms with Crippen LogP contribution in [0.5, 0.6) is 5.75 Å². The molecule has 0 aliphatic heterocycles. The zero-order valence-corrected chi connectivity index (χ0v) is 16.1. The summed E-state index contributed by atoms with van der Waals surface area (Å²) in [6.07, 6.45) is 0.932. The van der Waals surface area contributed by atoms with Crippen molar-refractivity contribution < 1.29 is 22.3 Å². The predicted molar refractivity (Wildman–Crippen MR) is 100 cm³/mol. The quantitative estimate of drug-likeness (QED) is 0.774. The molecular formula is C16H15Cl2FN2O4S. The van der Waals surface area contributed by atoms with Gasteiger partial charge in [0.15, 0.2) is 0 Å². The zero-order valence-electron chi connectivity index (χ0n) is 13.8. The summed E-state index contributed by atoms with van der Waals surface area (Å²) in [6.45, 7) is -0.523. The molecule has 140 valence electrons. The van der Waals surface area contributed by atoms with E-state index < -0.39 is 28.3 Å². The number of halogens is 3. The predicted octanol–water partition coefficient (Wildman–Crippen LogP) is 3.55. The molecule has 0 heterocycles. The lowest BCUT2D eigenvalue weighted by Gasteiger charge is -2.22. The molecule has 0 radical (unpaired) electrons. The summed E-state index contributed by atoms with van der Waals surface area (Å²) >= 11 is 11.7. The van der Waals surface area contributed by atoms with Crippen LogP contribution in [-0.2, 0) is 14.8 Å². The fraction of sp³-hybridized carbons (Fsp3) is 0.188. The van der Waals surface area contributed by atoms with E-state index in [9.17, 15) is 17.6 Å². The standard InChI is InChI=1S/C16H15Cl2FN2O4S/c1-25-15-6-3-10(7-13(15)18)20-16(22)9-21(26(2,23)24)11-4-5-14(19)12(17)8-11/h3-8H,9H2,1-2H3,(H,20,22). The van der Waals surface area contributed by atoms with Crippen molar-refractivity contribution in [2.24, 2.45) is 0 Å². The van der Waals surface area contributed by atoms with Gasteiger partial charge in [-0.2, -0.15) is 0 Å². The van der Waals surface area contributed by atoms with Gasteiger partial charge in [0.2, 0.25) is 15.9 Å². The number of methoxy groups -OCH3 is 1. The minimum atomic E-state index is -3.81. The highest BCUT2D eigenvalue weighted by Crippen LogP contribution is 2.28. The molecule has 0 spiro atoms. The number of anilines is 2. The zero-order chi connectivity index (χ0) is 19.5. The maximum atomic E-state index is 13.3. The van der Waals surface area contributed by atoms with Gasteiger partial charge in [-0.1, -0.05) is 23.2 Å². The van der Waals surface area contributed by atoms with Crippen molar-refractivity contribution >= 4 is 50.5 Å². The van der Waals surface area contributed by atoms with Gasteiger partial charge in [-0.25, -0.2) is 12.8 Å². The summed E-state index contributed by atoms with van der Waals surface area (Å²) in [6, 6.07) is 7.97. The summed E-state index contributed by atoms with van der Waals surface area (Å²) in [7, 11) is -2.35. The Kier molecular flexibility index (Phi) is 6.33. The Balaban J connectivity index is 2.22. The van der Waals surface area contributed by atoms with Crippen molar-refractivity contribution in [2.45, 2.75) is 0 Å². The molecule has 1 N–H and O–H groups in total. The topological polar surface area (TPSA) is 75.7 Å². The third-order valence-corrected chi connectivity index (χ3v) is 5.04. The monoisotopic (exact) mass is 420 g/mol. The first-order valence-electron chi connectivity index (χ1n) is 7.18. The van der Waals surface area contributed by atoms with E-state index in [1.165, 1.54) is 19.2 Å². The van der Waals surface area contributed by atoms with Gasteiger partial charge >= 0.3 is 0 Å². The Morgan fingerprint density at radius 3 is 2.42 bits per heavy atom. The van der Waals surface area contributed by atoms with E-state index in [0.29, 0.717) is 11.4 Å². The first-order chi connectivity index (χ1) is 12.1. The van der Waals surface area contributed by atoms with Gasteiger partial charge in [0, 0.05) is 5.69 Å². The Morgan fingerprint density at radius 1 is 1.19 bits per heavy atom. The molecular weight excluding hydrogens is 406 g/mol. The van der Waals surface area contributed by atoms with Crippen molar-refractivity contribution in [3.63, 3.8) is 0 Å². The van der Waals surface area contributed by atoms with Crippen LogP contribution in [0.1, 0.15) is 0 Å². The van der Waals surface area contributed by atoms with Gasteiger partial charge < -0.3 is 10.1 Å². The summed E-state index contributed by atoms with van der Waals surface area (Å²) < 4.78 is 43.2. The van der Waals surface area contributed by atoms with E-state index in [1.54, 1.807) is 12.1 Å². The molecule has 0 saturated carbocycles. The number of nitrogens with one attached hydrogen (secondary N) is 1. The van der Waals surface area contributed by atoms with Crippen molar-refractivity contribution in [3.8, 4) is 5.75 Å². The second-order valence-electron chi connectivity index (χ2n) is 5.27. The van der Waals surface area contributed by atoms with Gasteiger partial charge in [0.05, 0.1) is 29.1 Å². The van der Waals surface area contributed by atoms with Crippen molar-refractivity contribution in [2.75, 3.05) is 29.5 Å². The number of carbonyl (C=O) groups excluding carboxylic acids is 1. The number of sulfonamides is 1. The first kappa shape index (κ1) is 20.3. The molecule has 0 fully saturated rings. The van der Waals surface area contributed by atoms with Crippen LogP contribution >= 0.6 is 23.2 Å². The van der Waals surface area contributed by atoms with Crippen LogP contribution in [0.3, 0.4) is 0 Å². The molecule has 6 nitrogen and oxygen atoms in total. The Morgan fingerprint density at radius 2 is 1.88 bits per heavy atom. The van der Waals surface area contributed by atoms with Crippen LogP contribution in [-0.4, -0.2) is 34.2 Å². The lowest BCUT2D eigenvalue weighted by Crippen LogP contribution is -2.37. The van der Waals surface area contributed by atoms with Crippen molar-refractivity contribution in [3.05, 3.63) is 52.3 Å². The highest BCUT2D eigenvalue weighted by atomic mass is 35.5. The van der Waals surface area contributed by atoms with Gasteiger partial charge in [-0.3, -0.25) is 9.10 Å². The SMILES string of the molecule is COc1ccc(NC(=O)CN(c2ccc(F)c(Cl)c2)S(C)(=O)=O)cc1Cl. The molecule has 10 heteroatoms. The second-order valence-corrected chi connectivity index (χ2v) is 7.99. The third kappa shape index (κ3) is 5.00. The molecule has 2 aromatic rings. The number of benzene rings is 2.